The Balaban J connectivity index is 2.16. The molecule has 4 atom stereocenters. The maximum Gasteiger partial charge on any atom is 0.302 e. The Morgan fingerprint density at radius 3 is 2.76 bits per heavy atom. The van der Waals surface area contributed by atoms with Gasteiger partial charge in [0.25, 0.3) is 0 Å². The Labute approximate surface area is 122 Å². The second-order valence-corrected chi connectivity index (χ2v) is 4.95. The summed E-state index contributed by atoms with van der Waals surface area (Å²) in [6, 6.07) is 0. The average Bonchev–Trinajstić information content (AvgIpc) is 3.00. The van der Waals surface area contributed by atoms with Crippen molar-refractivity contribution >= 4 is 28.9 Å². The number of aromatic nitrogens is 4. The van der Waals surface area contributed by atoms with E-state index in [0.717, 1.165) is 4.09 Å². The van der Waals surface area contributed by atoms with E-state index >= 15 is 0 Å². The summed E-state index contributed by atoms with van der Waals surface area (Å²) < 4.78 is 7.52. The first-order valence-corrected chi connectivity index (χ1v) is 6.33. The standard InChI is InChI=1S/C10H12ClN5O5/c11-16-8-4(7(20)14-10(16)12)13-2-15(8)9-6(19)5(18)3(1-17)21-9/h2-3,5-6,9,17-19H,1H2,(H2,12,14,20)/t3-,5?,6?,9-/m1/s1. The number of hydrogen-bond donors (Lipinski definition) is 4. The first-order chi connectivity index (χ1) is 9.95. The lowest BCUT2D eigenvalue weighted by molar-refractivity contribution is -0.0511. The first-order valence-electron chi connectivity index (χ1n) is 5.99. The molecule has 21 heavy (non-hydrogen) atoms. The highest BCUT2D eigenvalue weighted by Gasteiger charge is 2.44. The van der Waals surface area contributed by atoms with Crippen molar-refractivity contribution in [2.75, 3.05) is 12.3 Å². The number of ether oxygens (including phenoxy) is 1. The zero-order chi connectivity index (χ0) is 15.3. The van der Waals surface area contributed by atoms with Gasteiger partial charge in [-0.2, -0.15) is 4.98 Å². The molecule has 3 rings (SSSR count). The Morgan fingerprint density at radius 2 is 2.14 bits per heavy atom. The largest absolute Gasteiger partial charge is 0.394 e. The van der Waals surface area contributed by atoms with E-state index < -0.39 is 36.7 Å². The zero-order valence-electron chi connectivity index (χ0n) is 10.5. The van der Waals surface area contributed by atoms with Gasteiger partial charge in [-0.25, -0.2) is 9.07 Å². The van der Waals surface area contributed by atoms with Gasteiger partial charge in [-0.1, -0.05) is 0 Å². The van der Waals surface area contributed by atoms with Gasteiger partial charge in [0.05, 0.1) is 12.9 Å². The molecular formula is C10H12ClN5O5. The fourth-order valence-corrected chi connectivity index (χ4v) is 2.51. The van der Waals surface area contributed by atoms with E-state index in [4.69, 9.17) is 27.4 Å². The molecule has 1 aliphatic rings. The molecule has 1 saturated heterocycles. The van der Waals surface area contributed by atoms with Crippen LogP contribution in [0.25, 0.3) is 11.2 Å². The molecule has 114 valence electrons. The van der Waals surface area contributed by atoms with Crippen LogP contribution in [0.15, 0.2) is 11.1 Å². The van der Waals surface area contributed by atoms with Crippen molar-refractivity contribution in [3.05, 3.63) is 16.7 Å². The Kier molecular flexibility index (Phi) is 3.34. The summed E-state index contributed by atoms with van der Waals surface area (Å²) in [6.07, 6.45) is -3.44. The summed E-state index contributed by atoms with van der Waals surface area (Å²) in [5.41, 5.74) is 4.85. The number of aliphatic hydroxyl groups excluding tert-OH is 3. The minimum Gasteiger partial charge on any atom is -0.394 e. The van der Waals surface area contributed by atoms with Gasteiger partial charge >= 0.3 is 5.56 Å². The van der Waals surface area contributed by atoms with Gasteiger partial charge in [0.15, 0.2) is 17.4 Å². The van der Waals surface area contributed by atoms with E-state index in [1.54, 1.807) is 0 Å². The van der Waals surface area contributed by atoms with E-state index in [1.165, 1.54) is 10.9 Å². The topological polar surface area (TPSA) is 149 Å². The molecule has 1 aliphatic heterocycles. The average molecular weight is 318 g/mol. The molecule has 0 saturated carbocycles. The fraction of sp³-hybridized carbons (Fsp3) is 0.500. The molecule has 3 heterocycles. The SMILES string of the molecule is Nc1nc(=O)c2ncn([C@@H]3O[C@H](CO)C(O)C3O)c2n1Cl. The number of nitrogens with zero attached hydrogens (tertiary/aromatic N) is 4. The van der Waals surface area contributed by atoms with Gasteiger partial charge in [-0.3, -0.25) is 9.36 Å². The number of aliphatic hydroxyl groups is 3. The molecular weight excluding hydrogens is 306 g/mol. The van der Waals surface area contributed by atoms with E-state index in [-0.39, 0.29) is 17.1 Å². The molecule has 2 unspecified atom stereocenters. The van der Waals surface area contributed by atoms with Crippen molar-refractivity contribution < 1.29 is 20.1 Å². The van der Waals surface area contributed by atoms with Crippen LogP contribution in [0.3, 0.4) is 0 Å². The van der Waals surface area contributed by atoms with Gasteiger partial charge in [0, 0.05) is 11.8 Å². The molecule has 0 radical (unpaired) electrons. The minimum atomic E-state index is -1.33. The minimum absolute atomic E-state index is 0.0584. The van der Waals surface area contributed by atoms with Crippen LogP contribution in [0.2, 0.25) is 0 Å². The van der Waals surface area contributed by atoms with E-state index in [0.29, 0.717) is 0 Å². The molecule has 2 aromatic heterocycles. The molecule has 2 aromatic rings. The second kappa shape index (κ2) is 4.93. The number of imidazole rings is 1. The Hall–Kier alpha value is -1.72. The van der Waals surface area contributed by atoms with Gasteiger partial charge < -0.3 is 25.8 Å². The summed E-state index contributed by atoms with van der Waals surface area (Å²) in [6.45, 7) is -0.473. The van der Waals surface area contributed by atoms with Crippen LogP contribution in [-0.2, 0) is 4.74 Å². The van der Waals surface area contributed by atoms with Crippen molar-refractivity contribution in [1.29, 1.82) is 0 Å². The summed E-state index contributed by atoms with van der Waals surface area (Å²) in [7, 11) is 0. The monoisotopic (exact) mass is 317 g/mol. The van der Waals surface area contributed by atoms with E-state index in [9.17, 15) is 15.0 Å². The third-order valence-electron chi connectivity index (χ3n) is 3.36. The number of hydrogen-bond acceptors (Lipinski definition) is 8. The Bertz CT molecular complexity index is 745. The zero-order valence-corrected chi connectivity index (χ0v) is 11.3. The summed E-state index contributed by atoms with van der Waals surface area (Å²) in [5, 5.41) is 28.9. The summed E-state index contributed by atoms with van der Waals surface area (Å²) in [4.78, 5) is 19.1. The highest BCUT2D eigenvalue weighted by atomic mass is 35.5. The van der Waals surface area contributed by atoms with Crippen molar-refractivity contribution in [2.24, 2.45) is 0 Å². The van der Waals surface area contributed by atoms with Crippen LogP contribution < -0.4 is 11.3 Å². The predicted molar refractivity (Wildman–Crippen MR) is 70.5 cm³/mol. The Morgan fingerprint density at radius 1 is 1.43 bits per heavy atom. The van der Waals surface area contributed by atoms with Gasteiger partial charge in [-0.05, 0) is 0 Å². The van der Waals surface area contributed by atoms with Crippen LogP contribution in [0, 0.1) is 0 Å². The van der Waals surface area contributed by atoms with E-state index in [2.05, 4.69) is 9.97 Å². The molecule has 10 nitrogen and oxygen atoms in total. The quantitative estimate of drug-likeness (QED) is 0.487. The molecule has 1 fully saturated rings. The number of fused-ring (bicyclic) bond motifs is 1. The highest BCUT2D eigenvalue weighted by Crippen LogP contribution is 2.31. The number of nitrogen functional groups attached to an aromatic ring is 1. The number of rotatable bonds is 2. The fourth-order valence-electron chi connectivity index (χ4n) is 2.31. The normalized spacial score (nSPS) is 29.3. The van der Waals surface area contributed by atoms with Crippen LogP contribution in [0.1, 0.15) is 6.23 Å². The number of halogens is 1. The van der Waals surface area contributed by atoms with Crippen molar-refractivity contribution in [2.45, 2.75) is 24.5 Å². The molecule has 0 bridgehead atoms. The van der Waals surface area contributed by atoms with Crippen LogP contribution in [-0.4, -0.2) is 58.9 Å². The second-order valence-electron chi connectivity index (χ2n) is 4.61. The molecule has 0 aliphatic carbocycles. The molecule has 5 N–H and O–H groups in total. The highest BCUT2D eigenvalue weighted by molar-refractivity contribution is 6.19. The predicted octanol–water partition coefficient (Wildman–Crippen LogP) is -2.21. The maximum atomic E-state index is 11.7. The number of anilines is 1. The van der Waals surface area contributed by atoms with Crippen LogP contribution >= 0.6 is 11.8 Å². The maximum absolute atomic E-state index is 11.7. The first kappa shape index (κ1) is 14.2. The third-order valence-corrected chi connectivity index (χ3v) is 3.70. The van der Waals surface area contributed by atoms with Crippen molar-refractivity contribution in [3.63, 3.8) is 0 Å². The lowest BCUT2D eigenvalue weighted by Gasteiger charge is -2.17. The molecule has 11 heteroatoms. The van der Waals surface area contributed by atoms with Gasteiger partial charge in [-0.15, -0.1) is 0 Å². The van der Waals surface area contributed by atoms with Gasteiger partial charge in [0.1, 0.15) is 18.3 Å². The lowest BCUT2D eigenvalue weighted by atomic mass is 10.1. The smallest absolute Gasteiger partial charge is 0.302 e. The van der Waals surface area contributed by atoms with E-state index in [1.807, 2.05) is 0 Å². The van der Waals surface area contributed by atoms with Crippen molar-refractivity contribution in [3.8, 4) is 0 Å². The molecule has 0 spiro atoms. The van der Waals surface area contributed by atoms with Crippen LogP contribution in [0.5, 0.6) is 0 Å². The van der Waals surface area contributed by atoms with Crippen LogP contribution in [0.4, 0.5) is 5.95 Å². The molecule has 0 aromatic carbocycles. The lowest BCUT2D eigenvalue weighted by Crippen LogP contribution is -2.33. The molecule has 0 amide bonds. The van der Waals surface area contributed by atoms with Gasteiger partial charge in [0.2, 0.25) is 5.95 Å². The third kappa shape index (κ3) is 2.00. The number of nitrogens with two attached hydrogens (primary N) is 1. The summed E-state index contributed by atoms with van der Waals surface area (Å²) >= 11 is 5.96. The van der Waals surface area contributed by atoms with Crippen molar-refractivity contribution in [1.82, 2.24) is 18.6 Å². The summed E-state index contributed by atoms with van der Waals surface area (Å²) in [5.74, 6) is -0.248.